The van der Waals surface area contributed by atoms with Gasteiger partial charge in [0.25, 0.3) is 0 Å². The molecule has 90 valence electrons. The molecule has 0 aliphatic heterocycles. The molecule has 0 aliphatic carbocycles. The lowest BCUT2D eigenvalue weighted by Gasteiger charge is -2.04. The monoisotopic (exact) mass is 239 g/mol. The maximum absolute atomic E-state index is 5.55. The molecule has 0 unspecified atom stereocenters. The summed E-state index contributed by atoms with van der Waals surface area (Å²) in [5, 5.41) is 4.90. The Morgan fingerprint density at radius 2 is 2.00 bits per heavy atom. The molecule has 2 N–H and O–H groups in total. The molecule has 0 atom stereocenters. The molecule has 0 radical (unpaired) electrons. The molecule has 1 aromatic carbocycles. The second kappa shape index (κ2) is 4.58. The highest BCUT2D eigenvalue weighted by molar-refractivity contribution is 5.83. The normalized spacial score (nSPS) is 10.9. The van der Waals surface area contributed by atoms with Crippen LogP contribution >= 0.6 is 0 Å². The smallest absolute Gasteiger partial charge is 0.131 e. The van der Waals surface area contributed by atoms with Gasteiger partial charge in [0.1, 0.15) is 11.8 Å². The Balaban J connectivity index is 2.04. The SMILES string of the molecule is NCCc1cc(-c2ccc3nocc3c2)ccn1. The van der Waals surface area contributed by atoms with Crippen LogP contribution in [-0.4, -0.2) is 16.7 Å². The Labute approximate surface area is 104 Å². The van der Waals surface area contributed by atoms with Crippen LogP contribution in [0, 0.1) is 0 Å². The predicted molar refractivity (Wildman–Crippen MR) is 70.0 cm³/mol. The van der Waals surface area contributed by atoms with Crippen LogP contribution in [0.3, 0.4) is 0 Å². The van der Waals surface area contributed by atoms with Crippen LogP contribution in [0.2, 0.25) is 0 Å². The second-order valence-electron chi connectivity index (χ2n) is 4.16. The lowest BCUT2D eigenvalue weighted by atomic mass is 10.0. The Kier molecular flexibility index (Phi) is 2.78. The van der Waals surface area contributed by atoms with E-state index >= 15 is 0 Å². The van der Waals surface area contributed by atoms with Crippen molar-refractivity contribution in [3.63, 3.8) is 0 Å². The zero-order valence-corrected chi connectivity index (χ0v) is 9.84. The molecule has 0 amide bonds. The Morgan fingerprint density at radius 3 is 2.89 bits per heavy atom. The van der Waals surface area contributed by atoms with Crippen molar-refractivity contribution in [3.8, 4) is 11.1 Å². The van der Waals surface area contributed by atoms with Crippen molar-refractivity contribution in [2.45, 2.75) is 6.42 Å². The summed E-state index contributed by atoms with van der Waals surface area (Å²) in [7, 11) is 0. The number of benzene rings is 1. The van der Waals surface area contributed by atoms with Crippen LogP contribution in [0.1, 0.15) is 5.69 Å². The highest BCUT2D eigenvalue weighted by Gasteiger charge is 2.03. The number of hydrogen-bond donors (Lipinski definition) is 1. The molecule has 2 aromatic heterocycles. The van der Waals surface area contributed by atoms with Gasteiger partial charge < -0.3 is 10.3 Å². The summed E-state index contributed by atoms with van der Waals surface area (Å²) in [6.45, 7) is 0.612. The number of aromatic nitrogens is 2. The first kappa shape index (κ1) is 10.9. The predicted octanol–water partition coefficient (Wildman–Crippen LogP) is 2.39. The summed E-state index contributed by atoms with van der Waals surface area (Å²) in [6, 6.07) is 10.1. The molecule has 18 heavy (non-hydrogen) atoms. The number of pyridine rings is 1. The highest BCUT2D eigenvalue weighted by atomic mass is 16.5. The lowest BCUT2D eigenvalue weighted by molar-refractivity contribution is 0.428. The first-order valence-corrected chi connectivity index (χ1v) is 5.86. The van der Waals surface area contributed by atoms with Crippen molar-refractivity contribution in [2.24, 2.45) is 5.73 Å². The second-order valence-corrected chi connectivity index (χ2v) is 4.16. The van der Waals surface area contributed by atoms with E-state index in [0.717, 1.165) is 34.1 Å². The van der Waals surface area contributed by atoms with Gasteiger partial charge in [-0.3, -0.25) is 4.98 Å². The average Bonchev–Trinajstić information content (AvgIpc) is 2.86. The summed E-state index contributed by atoms with van der Waals surface area (Å²) >= 11 is 0. The van der Waals surface area contributed by atoms with Crippen LogP contribution in [0.15, 0.2) is 47.3 Å². The van der Waals surface area contributed by atoms with Crippen LogP contribution in [-0.2, 0) is 6.42 Å². The van der Waals surface area contributed by atoms with Crippen molar-refractivity contribution < 1.29 is 4.52 Å². The van der Waals surface area contributed by atoms with Gasteiger partial charge in [0.05, 0.1) is 0 Å². The summed E-state index contributed by atoms with van der Waals surface area (Å²) in [5.41, 5.74) is 9.70. The van der Waals surface area contributed by atoms with Gasteiger partial charge in [0, 0.05) is 23.7 Å². The first-order valence-electron chi connectivity index (χ1n) is 5.86. The van der Waals surface area contributed by atoms with Crippen LogP contribution in [0.5, 0.6) is 0 Å². The van der Waals surface area contributed by atoms with Crippen molar-refractivity contribution in [2.75, 3.05) is 6.54 Å². The van der Waals surface area contributed by atoms with E-state index in [-0.39, 0.29) is 0 Å². The third kappa shape index (κ3) is 1.98. The summed E-state index contributed by atoms with van der Waals surface area (Å²) in [4.78, 5) is 4.30. The van der Waals surface area contributed by atoms with Gasteiger partial charge in [0.15, 0.2) is 0 Å². The minimum Gasteiger partial charge on any atom is -0.364 e. The molecular weight excluding hydrogens is 226 g/mol. The van der Waals surface area contributed by atoms with E-state index in [1.165, 1.54) is 0 Å². The fourth-order valence-corrected chi connectivity index (χ4v) is 1.99. The number of nitrogens with zero attached hydrogens (tertiary/aromatic N) is 2. The lowest BCUT2D eigenvalue weighted by Crippen LogP contribution is -2.04. The molecule has 0 aliphatic rings. The maximum Gasteiger partial charge on any atom is 0.131 e. The number of rotatable bonds is 3. The van der Waals surface area contributed by atoms with Gasteiger partial charge in [-0.1, -0.05) is 11.2 Å². The third-order valence-corrected chi connectivity index (χ3v) is 2.91. The van der Waals surface area contributed by atoms with Gasteiger partial charge in [0.2, 0.25) is 0 Å². The summed E-state index contributed by atoms with van der Waals surface area (Å²) in [5.74, 6) is 0. The zero-order chi connectivity index (χ0) is 12.4. The zero-order valence-electron chi connectivity index (χ0n) is 9.84. The fourth-order valence-electron chi connectivity index (χ4n) is 1.99. The van der Waals surface area contributed by atoms with E-state index in [1.807, 2.05) is 24.4 Å². The van der Waals surface area contributed by atoms with Crippen LogP contribution in [0.25, 0.3) is 22.0 Å². The number of nitrogens with two attached hydrogens (primary N) is 1. The van der Waals surface area contributed by atoms with Crippen molar-refractivity contribution in [1.82, 2.24) is 10.1 Å². The Hall–Kier alpha value is -2.20. The molecule has 4 nitrogen and oxygen atoms in total. The minimum absolute atomic E-state index is 0.612. The summed E-state index contributed by atoms with van der Waals surface area (Å²) < 4.78 is 4.94. The molecule has 0 spiro atoms. The molecule has 3 rings (SSSR count). The highest BCUT2D eigenvalue weighted by Crippen LogP contribution is 2.24. The molecule has 3 aromatic rings. The van der Waals surface area contributed by atoms with Crippen LogP contribution in [0.4, 0.5) is 0 Å². The van der Waals surface area contributed by atoms with Crippen molar-refractivity contribution in [3.05, 3.63) is 48.5 Å². The Bertz CT molecular complexity index is 675. The number of hydrogen-bond acceptors (Lipinski definition) is 4. The van der Waals surface area contributed by atoms with Gasteiger partial charge in [-0.25, -0.2) is 0 Å². The van der Waals surface area contributed by atoms with Gasteiger partial charge in [-0.2, -0.15) is 0 Å². The molecule has 0 saturated heterocycles. The Morgan fingerprint density at radius 1 is 1.11 bits per heavy atom. The van der Waals surface area contributed by atoms with Crippen molar-refractivity contribution in [1.29, 1.82) is 0 Å². The van der Waals surface area contributed by atoms with Gasteiger partial charge >= 0.3 is 0 Å². The minimum atomic E-state index is 0.612. The average molecular weight is 239 g/mol. The fraction of sp³-hybridized carbons (Fsp3) is 0.143. The molecule has 0 fully saturated rings. The first-order chi connectivity index (χ1) is 8.86. The molecule has 0 bridgehead atoms. The van der Waals surface area contributed by atoms with E-state index in [0.29, 0.717) is 6.54 Å². The van der Waals surface area contributed by atoms with E-state index in [9.17, 15) is 0 Å². The largest absolute Gasteiger partial charge is 0.364 e. The third-order valence-electron chi connectivity index (χ3n) is 2.91. The number of fused-ring (bicyclic) bond motifs is 1. The molecule has 4 heteroatoms. The van der Waals surface area contributed by atoms with Crippen LogP contribution < -0.4 is 5.73 Å². The van der Waals surface area contributed by atoms with E-state index in [4.69, 9.17) is 10.3 Å². The van der Waals surface area contributed by atoms with E-state index < -0.39 is 0 Å². The van der Waals surface area contributed by atoms with E-state index in [1.54, 1.807) is 6.26 Å². The molecule has 2 heterocycles. The molecular formula is C14H13N3O. The maximum atomic E-state index is 5.55. The van der Waals surface area contributed by atoms with Gasteiger partial charge in [-0.15, -0.1) is 0 Å². The topological polar surface area (TPSA) is 64.9 Å². The standard InChI is InChI=1S/C14H13N3O/c15-5-3-13-8-11(4-6-16-13)10-1-2-14-12(7-10)9-18-17-14/h1-2,4,6-9H,3,5,15H2. The molecule has 0 saturated carbocycles. The summed E-state index contributed by atoms with van der Waals surface area (Å²) in [6.07, 6.45) is 4.27. The van der Waals surface area contributed by atoms with E-state index in [2.05, 4.69) is 22.3 Å². The quantitative estimate of drug-likeness (QED) is 0.762. The van der Waals surface area contributed by atoms with Crippen molar-refractivity contribution >= 4 is 10.9 Å². The van der Waals surface area contributed by atoms with Gasteiger partial charge in [-0.05, 0) is 41.9 Å².